The Labute approximate surface area is 134 Å². The van der Waals surface area contributed by atoms with Gasteiger partial charge in [0.25, 0.3) is 0 Å². The summed E-state index contributed by atoms with van der Waals surface area (Å²) in [4.78, 5) is 24.6. The van der Waals surface area contributed by atoms with E-state index in [1.807, 2.05) is 30.3 Å². The van der Waals surface area contributed by atoms with Crippen LogP contribution in [0.1, 0.15) is 34.5 Å². The van der Waals surface area contributed by atoms with Crippen LogP contribution in [0.15, 0.2) is 54.6 Å². The predicted molar refractivity (Wildman–Crippen MR) is 85.7 cm³/mol. The third-order valence-electron chi connectivity index (χ3n) is 3.67. The fourth-order valence-corrected chi connectivity index (χ4v) is 2.38. The van der Waals surface area contributed by atoms with Crippen molar-refractivity contribution < 1.29 is 14.3 Å². The van der Waals surface area contributed by atoms with E-state index in [0.717, 1.165) is 11.1 Å². The molecular weight excluding hydrogens is 290 g/mol. The van der Waals surface area contributed by atoms with E-state index in [4.69, 9.17) is 4.74 Å². The third kappa shape index (κ3) is 3.24. The molecule has 4 heteroatoms. The molecule has 1 aliphatic rings. The van der Waals surface area contributed by atoms with Crippen LogP contribution in [0.25, 0.3) is 0 Å². The molecule has 1 amide bonds. The maximum Gasteiger partial charge on any atom is 0.422 e. The van der Waals surface area contributed by atoms with Gasteiger partial charge in [0.05, 0.1) is 0 Å². The number of nitrogens with zero attached hydrogens (tertiary/aromatic N) is 1. The fraction of sp³-hybridized carbons (Fsp3) is 0.158. The van der Waals surface area contributed by atoms with E-state index in [0.29, 0.717) is 12.2 Å². The van der Waals surface area contributed by atoms with E-state index in [2.05, 4.69) is 12.0 Å². The molecule has 2 aromatic rings. The summed E-state index contributed by atoms with van der Waals surface area (Å²) in [5.74, 6) is 2.96. The molecular formula is C19H15NO3. The third-order valence-corrected chi connectivity index (χ3v) is 3.67. The zero-order valence-electron chi connectivity index (χ0n) is 12.7. The zero-order valence-corrected chi connectivity index (χ0v) is 12.7. The lowest BCUT2D eigenvalue weighted by Gasteiger charge is -2.14. The van der Waals surface area contributed by atoms with Crippen molar-refractivity contribution in [3.05, 3.63) is 71.3 Å². The van der Waals surface area contributed by atoms with Crippen LogP contribution in [0.3, 0.4) is 0 Å². The molecule has 0 radical (unpaired) electrons. The van der Waals surface area contributed by atoms with Crippen molar-refractivity contribution >= 4 is 11.9 Å². The van der Waals surface area contributed by atoms with Crippen LogP contribution in [-0.2, 0) is 4.74 Å². The maximum atomic E-state index is 11.9. The topological polar surface area (TPSA) is 46.6 Å². The number of carbonyl (C=O) groups excluding carboxylic acids is 2. The summed E-state index contributed by atoms with van der Waals surface area (Å²) in [6.45, 7) is 1.81. The minimum absolute atomic E-state index is 0.0109. The molecule has 0 N–H and O–H groups in total. The van der Waals surface area contributed by atoms with E-state index in [9.17, 15) is 9.59 Å². The summed E-state index contributed by atoms with van der Waals surface area (Å²) in [5.41, 5.74) is 2.36. The molecule has 1 saturated heterocycles. The van der Waals surface area contributed by atoms with Gasteiger partial charge in [0.2, 0.25) is 0 Å². The highest BCUT2D eigenvalue weighted by molar-refractivity contribution is 5.94. The first-order valence-corrected chi connectivity index (χ1v) is 7.29. The number of hydrogen-bond donors (Lipinski definition) is 0. The van der Waals surface area contributed by atoms with Crippen molar-refractivity contribution in [2.75, 3.05) is 6.61 Å². The van der Waals surface area contributed by atoms with Crippen LogP contribution in [-0.4, -0.2) is 23.4 Å². The van der Waals surface area contributed by atoms with Crippen LogP contribution in [0.2, 0.25) is 0 Å². The Hall–Kier alpha value is -3.06. The lowest BCUT2D eigenvalue weighted by atomic mass is 10.1. The lowest BCUT2D eigenvalue weighted by Crippen LogP contribution is -2.22. The molecule has 4 nitrogen and oxygen atoms in total. The second-order valence-corrected chi connectivity index (χ2v) is 5.24. The van der Waals surface area contributed by atoms with Crippen molar-refractivity contribution in [2.24, 2.45) is 0 Å². The van der Waals surface area contributed by atoms with Gasteiger partial charge in [-0.05, 0) is 30.5 Å². The van der Waals surface area contributed by atoms with Crippen LogP contribution in [0.4, 0.5) is 4.79 Å². The Morgan fingerprint density at radius 3 is 2.48 bits per heavy atom. The molecule has 0 spiro atoms. The maximum absolute atomic E-state index is 11.9. The monoisotopic (exact) mass is 305 g/mol. The Morgan fingerprint density at radius 2 is 1.83 bits per heavy atom. The summed E-state index contributed by atoms with van der Waals surface area (Å²) in [7, 11) is 0. The second-order valence-electron chi connectivity index (χ2n) is 5.24. The molecule has 114 valence electrons. The molecule has 0 unspecified atom stereocenters. The highest BCUT2D eigenvalue weighted by Crippen LogP contribution is 2.26. The quantitative estimate of drug-likeness (QED) is 0.631. The molecule has 3 rings (SSSR count). The van der Waals surface area contributed by atoms with Crippen molar-refractivity contribution in [1.29, 1.82) is 0 Å². The number of hydrogen-bond acceptors (Lipinski definition) is 3. The molecule has 1 aliphatic heterocycles. The van der Waals surface area contributed by atoms with Crippen LogP contribution >= 0.6 is 0 Å². The van der Waals surface area contributed by atoms with Crippen LogP contribution in [0, 0.1) is 12.0 Å². The first-order chi connectivity index (χ1) is 11.1. The molecule has 2 aromatic carbocycles. The number of carbonyl (C=O) groups is 2. The van der Waals surface area contributed by atoms with E-state index >= 15 is 0 Å². The standard InChI is InChI=1S/C19H15NO3/c1-14(21)16-9-7-15(8-10-16)11-12-20-18(13-23-19(20)22)17-5-3-2-4-6-17/h2-10,18H,13H2,1H3/t18-/m1/s1. The molecule has 1 atom stereocenters. The molecule has 23 heavy (non-hydrogen) atoms. The average Bonchev–Trinajstić information content (AvgIpc) is 2.95. The summed E-state index contributed by atoms with van der Waals surface area (Å²) in [5, 5.41) is 0. The number of ether oxygens (including phenoxy) is 1. The Kier molecular flexibility index (Phi) is 4.11. The van der Waals surface area contributed by atoms with Gasteiger partial charge in [-0.3, -0.25) is 4.79 Å². The fourth-order valence-electron chi connectivity index (χ4n) is 2.38. The number of cyclic esters (lactones) is 1. The molecule has 0 saturated carbocycles. The van der Waals surface area contributed by atoms with Gasteiger partial charge in [0.15, 0.2) is 5.78 Å². The van der Waals surface area contributed by atoms with Crippen molar-refractivity contribution in [1.82, 2.24) is 4.90 Å². The van der Waals surface area contributed by atoms with Crippen LogP contribution in [0.5, 0.6) is 0 Å². The Morgan fingerprint density at radius 1 is 1.13 bits per heavy atom. The number of benzene rings is 2. The minimum Gasteiger partial charge on any atom is -0.446 e. The predicted octanol–water partition coefficient (Wildman–Crippen LogP) is 3.39. The van der Waals surface area contributed by atoms with E-state index in [-0.39, 0.29) is 11.8 Å². The van der Waals surface area contributed by atoms with Gasteiger partial charge in [-0.25, -0.2) is 9.69 Å². The number of Topliss-reactive ketones (excluding diaryl/α,β-unsaturated/α-hetero) is 1. The molecule has 0 bridgehead atoms. The molecule has 1 fully saturated rings. The smallest absolute Gasteiger partial charge is 0.422 e. The normalized spacial score (nSPS) is 16.5. The van der Waals surface area contributed by atoms with Gasteiger partial charge in [-0.1, -0.05) is 42.5 Å². The number of amides is 1. The van der Waals surface area contributed by atoms with Crippen molar-refractivity contribution in [3.63, 3.8) is 0 Å². The number of ketones is 1. The largest absolute Gasteiger partial charge is 0.446 e. The highest BCUT2D eigenvalue weighted by Gasteiger charge is 2.33. The van der Waals surface area contributed by atoms with Crippen molar-refractivity contribution in [3.8, 4) is 12.0 Å². The van der Waals surface area contributed by atoms with Gasteiger partial charge in [-0.2, -0.15) is 0 Å². The van der Waals surface area contributed by atoms with Gasteiger partial charge in [0, 0.05) is 17.2 Å². The summed E-state index contributed by atoms with van der Waals surface area (Å²) < 4.78 is 5.11. The van der Waals surface area contributed by atoms with Crippen molar-refractivity contribution in [2.45, 2.75) is 13.0 Å². The highest BCUT2D eigenvalue weighted by atomic mass is 16.6. The summed E-state index contributed by atoms with van der Waals surface area (Å²) >= 11 is 0. The number of rotatable bonds is 2. The second kappa shape index (κ2) is 6.37. The first kappa shape index (κ1) is 14.9. The van der Waals surface area contributed by atoms with Gasteiger partial charge in [-0.15, -0.1) is 0 Å². The van der Waals surface area contributed by atoms with Gasteiger partial charge in [0.1, 0.15) is 12.6 Å². The lowest BCUT2D eigenvalue weighted by molar-refractivity contribution is 0.101. The minimum atomic E-state index is -0.438. The zero-order chi connectivity index (χ0) is 16.2. The van der Waals surface area contributed by atoms with E-state index in [1.165, 1.54) is 11.8 Å². The molecule has 0 aliphatic carbocycles. The summed E-state index contributed by atoms with van der Waals surface area (Å²) in [6.07, 6.45) is -0.438. The molecule has 1 heterocycles. The van der Waals surface area contributed by atoms with Gasteiger partial charge < -0.3 is 4.74 Å². The van der Waals surface area contributed by atoms with Gasteiger partial charge >= 0.3 is 6.09 Å². The van der Waals surface area contributed by atoms with E-state index < -0.39 is 6.09 Å². The average molecular weight is 305 g/mol. The first-order valence-electron chi connectivity index (χ1n) is 7.29. The van der Waals surface area contributed by atoms with E-state index in [1.54, 1.807) is 24.3 Å². The Balaban J connectivity index is 1.83. The summed E-state index contributed by atoms with van der Waals surface area (Å²) in [6, 6.07) is 19.3. The Bertz CT molecular complexity index is 785. The van der Waals surface area contributed by atoms with Crippen LogP contribution < -0.4 is 0 Å². The SMILES string of the molecule is CC(=O)c1ccc(C#CN2C(=O)OC[C@@H]2c2ccccc2)cc1. The molecule has 0 aromatic heterocycles.